The third kappa shape index (κ3) is 2.31. The Hall–Kier alpha value is -1.46. The van der Waals surface area contributed by atoms with Crippen molar-refractivity contribution in [1.82, 2.24) is 14.8 Å². The molecule has 1 N–H and O–H groups in total. The summed E-state index contributed by atoms with van der Waals surface area (Å²) in [5.74, 6) is 0.0375. The van der Waals surface area contributed by atoms with E-state index >= 15 is 0 Å². The number of nitrogens with zero attached hydrogens (tertiary/aromatic N) is 3. The zero-order valence-electron chi connectivity index (χ0n) is 11.9. The van der Waals surface area contributed by atoms with Crippen LogP contribution < -0.4 is 0 Å². The number of fused-ring (bicyclic) bond motifs is 1. The van der Waals surface area contributed by atoms with Gasteiger partial charge in [-0.25, -0.2) is 0 Å². The van der Waals surface area contributed by atoms with Gasteiger partial charge in [-0.3, -0.25) is 9.78 Å². The second-order valence-electron chi connectivity index (χ2n) is 5.79. The molecule has 5 nitrogen and oxygen atoms in total. The first-order valence-electron chi connectivity index (χ1n) is 7.27. The normalized spacial score (nSPS) is 22.9. The van der Waals surface area contributed by atoms with E-state index in [0.717, 1.165) is 55.6 Å². The number of aliphatic hydroxyl groups is 1. The maximum atomic E-state index is 12.7. The number of hydrogen-bond donors (Lipinski definition) is 1. The standard InChI is InChI=1S/C15H21N3O2/c1-17-6-4-13-11(9-17)7-16-8-14(13)15(20)18-5-2-3-12(18)10-19/h7-8,12,19H,2-6,9-10H2,1H3. The van der Waals surface area contributed by atoms with E-state index in [0.29, 0.717) is 0 Å². The van der Waals surface area contributed by atoms with Gasteiger partial charge in [-0.1, -0.05) is 0 Å². The number of likely N-dealkylation sites (N-methyl/N-ethyl adjacent to an activating group) is 1. The SMILES string of the molecule is CN1CCc2c(cncc2C(=O)N2CCCC2CO)C1. The first-order chi connectivity index (χ1) is 9.70. The number of amides is 1. The summed E-state index contributed by atoms with van der Waals surface area (Å²) < 4.78 is 0. The summed E-state index contributed by atoms with van der Waals surface area (Å²) in [5, 5.41) is 9.39. The van der Waals surface area contributed by atoms with Crippen LogP contribution in [0.2, 0.25) is 0 Å². The number of aliphatic hydroxyl groups excluding tert-OH is 1. The van der Waals surface area contributed by atoms with Crippen molar-refractivity contribution in [3.63, 3.8) is 0 Å². The summed E-state index contributed by atoms with van der Waals surface area (Å²) in [6.45, 7) is 2.62. The Balaban J connectivity index is 1.91. The van der Waals surface area contributed by atoms with E-state index < -0.39 is 0 Å². The Bertz CT molecular complexity index is 518. The van der Waals surface area contributed by atoms with E-state index in [4.69, 9.17) is 0 Å². The largest absolute Gasteiger partial charge is 0.394 e. The van der Waals surface area contributed by atoms with Gasteiger partial charge in [0.15, 0.2) is 0 Å². The highest BCUT2D eigenvalue weighted by Gasteiger charge is 2.31. The van der Waals surface area contributed by atoms with Crippen LogP contribution in [-0.4, -0.2) is 58.6 Å². The molecule has 0 spiro atoms. The van der Waals surface area contributed by atoms with Crippen LogP contribution in [0.5, 0.6) is 0 Å². The molecule has 1 aromatic rings. The molecule has 1 unspecified atom stereocenters. The molecule has 1 fully saturated rings. The lowest BCUT2D eigenvalue weighted by atomic mass is 9.96. The molecule has 0 radical (unpaired) electrons. The lowest BCUT2D eigenvalue weighted by Gasteiger charge is -2.28. The molecule has 0 aromatic carbocycles. The zero-order chi connectivity index (χ0) is 14.1. The number of carbonyl (C=O) groups excluding carboxylic acids is 1. The highest BCUT2D eigenvalue weighted by molar-refractivity contribution is 5.96. The fourth-order valence-corrected chi connectivity index (χ4v) is 3.27. The maximum Gasteiger partial charge on any atom is 0.256 e. The molecule has 1 saturated heterocycles. The molecule has 3 heterocycles. The van der Waals surface area contributed by atoms with Crippen molar-refractivity contribution in [2.75, 3.05) is 26.7 Å². The van der Waals surface area contributed by atoms with Crippen LogP contribution in [0.15, 0.2) is 12.4 Å². The molecule has 2 aliphatic heterocycles. The molecule has 0 aliphatic carbocycles. The lowest BCUT2D eigenvalue weighted by molar-refractivity contribution is 0.0675. The van der Waals surface area contributed by atoms with E-state index in [-0.39, 0.29) is 18.6 Å². The van der Waals surface area contributed by atoms with Crippen molar-refractivity contribution in [3.8, 4) is 0 Å². The zero-order valence-corrected chi connectivity index (χ0v) is 11.9. The smallest absolute Gasteiger partial charge is 0.256 e. The molecule has 1 atom stereocenters. The van der Waals surface area contributed by atoms with Crippen LogP contribution in [0.3, 0.4) is 0 Å². The Morgan fingerprint density at radius 3 is 3.10 bits per heavy atom. The van der Waals surface area contributed by atoms with E-state index in [9.17, 15) is 9.90 Å². The van der Waals surface area contributed by atoms with E-state index in [1.54, 1.807) is 6.20 Å². The number of carbonyl (C=O) groups is 1. The third-order valence-corrected chi connectivity index (χ3v) is 4.41. The van der Waals surface area contributed by atoms with Crippen molar-refractivity contribution in [2.45, 2.75) is 31.8 Å². The molecular weight excluding hydrogens is 254 g/mol. The predicted octanol–water partition coefficient (Wildman–Crippen LogP) is 0.666. The van der Waals surface area contributed by atoms with E-state index in [1.807, 2.05) is 11.1 Å². The number of likely N-dealkylation sites (tertiary alicyclic amines) is 1. The van der Waals surface area contributed by atoms with E-state index in [1.165, 1.54) is 0 Å². The highest BCUT2D eigenvalue weighted by Crippen LogP contribution is 2.25. The van der Waals surface area contributed by atoms with Gasteiger partial charge in [0.2, 0.25) is 0 Å². The molecule has 3 rings (SSSR count). The molecule has 20 heavy (non-hydrogen) atoms. The van der Waals surface area contributed by atoms with Gasteiger partial charge in [-0.05, 0) is 37.4 Å². The summed E-state index contributed by atoms with van der Waals surface area (Å²) >= 11 is 0. The first-order valence-corrected chi connectivity index (χ1v) is 7.27. The van der Waals surface area contributed by atoms with Crippen molar-refractivity contribution >= 4 is 5.91 Å². The van der Waals surface area contributed by atoms with Crippen LogP contribution in [0.4, 0.5) is 0 Å². The predicted molar refractivity (Wildman–Crippen MR) is 75.4 cm³/mol. The van der Waals surface area contributed by atoms with Gasteiger partial charge in [0.05, 0.1) is 18.2 Å². The van der Waals surface area contributed by atoms with Gasteiger partial charge in [0.25, 0.3) is 5.91 Å². The topological polar surface area (TPSA) is 56.7 Å². The van der Waals surface area contributed by atoms with Crippen molar-refractivity contribution in [1.29, 1.82) is 0 Å². The molecule has 0 saturated carbocycles. The van der Waals surface area contributed by atoms with Crippen molar-refractivity contribution in [2.24, 2.45) is 0 Å². The summed E-state index contributed by atoms with van der Waals surface area (Å²) in [4.78, 5) is 21.0. The first kappa shape index (κ1) is 13.5. The van der Waals surface area contributed by atoms with Crippen LogP contribution in [0.25, 0.3) is 0 Å². The minimum absolute atomic E-state index is 0.0235. The monoisotopic (exact) mass is 275 g/mol. The third-order valence-electron chi connectivity index (χ3n) is 4.41. The average Bonchev–Trinajstić information content (AvgIpc) is 2.94. The molecule has 5 heteroatoms. The van der Waals surface area contributed by atoms with Gasteiger partial charge < -0.3 is 14.9 Å². The molecule has 1 aromatic heterocycles. The van der Waals surface area contributed by atoms with Crippen LogP contribution in [0, 0.1) is 0 Å². The fourth-order valence-electron chi connectivity index (χ4n) is 3.27. The quantitative estimate of drug-likeness (QED) is 0.862. The van der Waals surface area contributed by atoms with Crippen LogP contribution in [0.1, 0.15) is 34.3 Å². The van der Waals surface area contributed by atoms with Crippen molar-refractivity contribution < 1.29 is 9.90 Å². The Labute approximate surface area is 119 Å². The Morgan fingerprint density at radius 2 is 2.30 bits per heavy atom. The summed E-state index contributed by atoms with van der Waals surface area (Å²) in [7, 11) is 2.08. The number of hydrogen-bond acceptors (Lipinski definition) is 4. The molecule has 2 aliphatic rings. The van der Waals surface area contributed by atoms with Gasteiger partial charge in [0, 0.05) is 32.0 Å². The number of rotatable bonds is 2. The minimum atomic E-state index is -0.0235. The molecular formula is C15H21N3O2. The fraction of sp³-hybridized carbons (Fsp3) is 0.600. The molecule has 0 bridgehead atoms. The second kappa shape index (κ2) is 5.50. The Kier molecular flexibility index (Phi) is 3.72. The Morgan fingerprint density at radius 1 is 1.45 bits per heavy atom. The summed E-state index contributed by atoms with van der Waals surface area (Å²) in [6.07, 6.45) is 6.33. The van der Waals surface area contributed by atoms with Crippen LogP contribution in [-0.2, 0) is 13.0 Å². The number of aromatic nitrogens is 1. The van der Waals surface area contributed by atoms with Gasteiger partial charge in [0.1, 0.15) is 0 Å². The summed E-state index contributed by atoms with van der Waals surface area (Å²) in [6, 6.07) is -0.0235. The van der Waals surface area contributed by atoms with E-state index in [2.05, 4.69) is 16.9 Å². The molecule has 1 amide bonds. The minimum Gasteiger partial charge on any atom is -0.394 e. The number of pyridine rings is 1. The maximum absolute atomic E-state index is 12.7. The van der Waals surface area contributed by atoms with Gasteiger partial charge in [-0.15, -0.1) is 0 Å². The second-order valence-corrected chi connectivity index (χ2v) is 5.79. The summed E-state index contributed by atoms with van der Waals surface area (Å²) in [5.41, 5.74) is 3.03. The highest BCUT2D eigenvalue weighted by atomic mass is 16.3. The van der Waals surface area contributed by atoms with Crippen molar-refractivity contribution in [3.05, 3.63) is 29.1 Å². The van der Waals surface area contributed by atoms with Gasteiger partial charge >= 0.3 is 0 Å². The lowest BCUT2D eigenvalue weighted by Crippen LogP contribution is -2.39. The average molecular weight is 275 g/mol. The van der Waals surface area contributed by atoms with Crippen LogP contribution >= 0.6 is 0 Å². The van der Waals surface area contributed by atoms with Gasteiger partial charge in [-0.2, -0.15) is 0 Å². The molecule has 108 valence electrons.